The Morgan fingerprint density at radius 3 is 2.42 bits per heavy atom. The highest BCUT2D eigenvalue weighted by molar-refractivity contribution is 5.45. The third-order valence-corrected chi connectivity index (χ3v) is 6.09. The molecule has 5 rings (SSSR count). The van der Waals surface area contributed by atoms with Gasteiger partial charge in [-0.25, -0.2) is 4.98 Å². The van der Waals surface area contributed by atoms with E-state index in [9.17, 15) is 5.11 Å². The predicted molar refractivity (Wildman–Crippen MR) is 115 cm³/mol. The molecule has 166 valence electrons. The first-order chi connectivity index (χ1) is 15.1. The van der Waals surface area contributed by atoms with Crippen molar-refractivity contribution in [3.8, 4) is 5.75 Å². The van der Waals surface area contributed by atoms with Crippen LogP contribution in [0.3, 0.4) is 0 Å². The fourth-order valence-corrected chi connectivity index (χ4v) is 4.28. The van der Waals surface area contributed by atoms with Gasteiger partial charge in [-0.2, -0.15) is 4.98 Å². The molecule has 2 aromatic heterocycles. The molecule has 0 amide bonds. The summed E-state index contributed by atoms with van der Waals surface area (Å²) in [5.41, 5.74) is 0.958. The quantitative estimate of drug-likeness (QED) is 0.772. The normalized spacial score (nSPS) is 25.4. The van der Waals surface area contributed by atoms with E-state index in [1.54, 1.807) is 12.4 Å². The Bertz CT molecular complexity index is 858. The topological polar surface area (TPSA) is 93.1 Å². The number of aliphatic hydroxyl groups is 1. The Balaban J connectivity index is 1.18. The second kappa shape index (κ2) is 8.94. The molecule has 1 N–H and O–H groups in total. The number of fused-ring (bicyclic) bond motifs is 1. The molecule has 0 aliphatic carbocycles. The molecule has 5 heterocycles. The van der Waals surface area contributed by atoms with E-state index >= 15 is 0 Å². The van der Waals surface area contributed by atoms with Crippen molar-refractivity contribution in [1.29, 1.82) is 0 Å². The number of hydrogen-bond acceptors (Lipinski definition) is 9. The first-order valence-corrected chi connectivity index (χ1v) is 11.0. The zero-order valence-electron chi connectivity index (χ0n) is 17.8. The van der Waals surface area contributed by atoms with Gasteiger partial charge in [0.1, 0.15) is 29.9 Å². The van der Waals surface area contributed by atoms with E-state index in [1.807, 2.05) is 25.1 Å². The lowest BCUT2D eigenvalue weighted by molar-refractivity contribution is -0.00461. The van der Waals surface area contributed by atoms with Crippen LogP contribution in [0.25, 0.3) is 0 Å². The minimum absolute atomic E-state index is 0.0397. The Morgan fingerprint density at radius 2 is 1.74 bits per heavy atom. The number of aliphatic hydroxyl groups excluding tert-OH is 1. The SMILES string of the molecule is Cc1ccc(OC2CO[C@H]3CN(c4nccc(N5CCC(O)CC5)n4)C[C@@H]3OC2)cn1. The third-order valence-electron chi connectivity index (χ3n) is 6.09. The highest BCUT2D eigenvalue weighted by Crippen LogP contribution is 2.26. The summed E-state index contributed by atoms with van der Waals surface area (Å²) in [4.78, 5) is 17.9. The van der Waals surface area contributed by atoms with Gasteiger partial charge in [-0.15, -0.1) is 0 Å². The lowest BCUT2D eigenvalue weighted by atomic mass is 10.1. The number of anilines is 2. The van der Waals surface area contributed by atoms with E-state index in [4.69, 9.17) is 19.2 Å². The summed E-state index contributed by atoms with van der Waals surface area (Å²) in [5.74, 6) is 2.33. The number of aryl methyl sites for hydroxylation is 1. The molecule has 0 radical (unpaired) electrons. The van der Waals surface area contributed by atoms with E-state index in [0.29, 0.717) is 32.3 Å². The van der Waals surface area contributed by atoms with Crippen LogP contribution in [-0.4, -0.2) is 83.9 Å². The van der Waals surface area contributed by atoms with Gasteiger partial charge >= 0.3 is 0 Å². The van der Waals surface area contributed by atoms with Gasteiger partial charge in [0.25, 0.3) is 0 Å². The molecule has 0 saturated carbocycles. The van der Waals surface area contributed by atoms with Crippen LogP contribution in [0.15, 0.2) is 30.6 Å². The van der Waals surface area contributed by atoms with Crippen LogP contribution in [0.1, 0.15) is 18.5 Å². The summed E-state index contributed by atoms with van der Waals surface area (Å²) >= 11 is 0. The van der Waals surface area contributed by atoms with Crippen molar-refractivity contribution in [2.24, 2.45) is 0 Å². The minimum atomic E-state index is -0.201. The van der Waals surface area contributed by atoms with Crippen LogP contribution >= 0.6 is 0 Å². The zero-order chi connectivity index (χ0) is 21.2. The molecule has 3 fully saturated rings. The van der Waals surface area contributed by atoms with Crippen molar-refractivity contribution in [2.45, 2.75) is 44.2 Å². The van der Waals surface area contributed by atoms with E-state index in [-0.39, 0.29) is 24.4 Å². The van der Waals surface area contributed by atoms with Crippen LogP contribution in [0.2, 0.25) is 0 Å². The van der Waals surface area contributed by atoms with Crippen LogP contribution in [0.4, 0.5) is 11.8 Å². The van der Waals surface area contributed by atoms with E-state index in [1.165, 1.54) is 0 Å². The molecule has 0 bridgehead atoms. The van der Waals surface area contributed by atoms with Gasteiger partial charge in [0.15, 0.2) is 0 Å². The average Bonchev–Trinajstić information content (AvgIpc) is 3.12. The largest absolute Gasteiger partial charge is 0.484 e. The second-order valence-electron chi connectivity index (χ2n) is 8.46. The molecule has 2 atom stereocenters. The molecule has 0 unspecified atom stereocenters. The summed E-state index contributed by atoms with van der Waals surface area (Å²) in [5, 5.41) is 9.75. The molecule has 31 heavy (non-hydrogen) atoms. The van der Waals surface area contributed by atoms with E-state index < -0.39 is 0 Å². The van der Waals surface area contributed by atoms with Crippen LogP contribution in [0, 0.1) is 6.92 Å². The summed E-state index contributed by atoms with van der Waals surface area (Å²) in [7, 11) is 0. The molecule has 3 aliphatic rings. The molecular formula is C22H29N5O4. The molecule has 3 aliphatic heterocycles. The number of hydrogen-bond donors (Lipinski definition) is 1. The number of ether oxygens (including phenoxy) is 3. The molecular weight excluding hydrogens is 398 g/mol. The zero-order valence-corrected chi connectivity index (χ0v) is 17.8. The molecule has 3 saturated heterocycles. The van der Waals surface area contributed by atoms with Gasteiger partial charge in [-0.1, -0.05) is 0 Å². The maximum Gasteiger partial charge on any atom is 0.227 e. The van der Waals surface area contributed by atoms with Crippen molar-refractivity contribution in [3.63, 3.8) is 0 Å². The van der Waals surface area contributed by atoms with Gasteiger partial charge in [0.2, 0.25) is 5.95 Å². The fourth-order valence-electron chi connectivity index (χ4n) is 4.28. The van der Waals surface area contributed by atoms with Gasteiger partial charge < -0.3 is 29.1 Å². The lowest BCUT2D eigenvalue weighted by Crippen LogP contribution is -2.36. The monoisotopic (exact) mass is 427 g/mol. The van der Waals surface area contributed by atoms with Crippen molar-refractivity contribution >= 4 is 11.8 Å². The summed E-state index contributed by atoms with van der Waals surface area (Å²) in [6.07, 6.45) is 4.65. The van der Waals surface area contributed by atoms with Crippen LogP contribution in [0.5, 0.6) is 5.75 Å². The maximum absolute atomic E-state index is 9.75. The Labute approximate surface area is 182 Å². The number of piperidine rings is 1. The van der Waals surface area contributed by atoms with Crippen molar-refractivity contribution in [1.82, 2.24) is 15.0 Å². The van der Waals surface area contributed by atoms with Gasteiger partial charge in [-0.05, 0) is 38.0 Å². The standard InChI is InChI=1S/C22H29N5O4/c1-15-2-3-17(10-24-15)31-18-13-29-19-11-27(12-20(19)30-14-18)22-23-7-4-21(25-22)26-8-5-16(28)6-9-26/h2-4,7,10,16,18-20,28H,5-6,8-9,11-14H2,1H3/t19-,20-/m0/s1. The summed E-state index contributed by atoms with van der Waals surface area (Å²) in [6.45, 7) is 5.89. The predicted octanol–water partition coefficient (Wildman–Crippen LogP) is 1.19. The third kappa shape index (κ3) is 4.73. The summed E-state index contributed by atoms with van der Waals surface area (Å²) in [6, 6.07) is 5.79. The van der Waals surface area contributed by atoms with Gasteiger partial charge in [-0.3, -0.25) is 4.98 Å². The van der Waals surface area contributed by atoms with Crippen LogP contribution < -0.4 is 14.5 Å². The molecule has 0 spiro atoms. The molecule has 0 aromatic carbocycles. The van der Waals surface area contributed by atoms with Crippen molar-refractivity contribution in [2.75, 3.05) is 49.2 Å². The van der Waals surface area contributed by atoms with E-state index in [2.05, 4.69) is 19.8 Å². The summed E-state index contributed by atoms with van der Waals surface area (Å²) < 4.78 is 18.3. The van der Waals surface area contributed by atoms with Crippen molar-refractivity contribution < 1.29 is 19.3 Å². The highest BCUT2D eigenvalue weighted by atomic mass is 16.6. The first kappa shape index (κ1) is 20.4. The number of nitrogens with zero attached hydrogens (tertiary/aromatic N) is 5. The number of pyridine rings is 1. The Kier molecular flexibility index (Phi) is 5.89. The van der Waals surface area contributed by atoms with E-state index in [0.717, 1.165) is 43.2 Å². The number of rotatable bonds is 4. The Morgan fingerprint density at radius 1 is 1.00 bits per heavy atom. The van der Waals surface area contributed by atoms with Crippen molar-refractivity contribution in [3.05, 3.63) is 36.3 Å². The lowest BCUT2D eigenvalue weighted by Gasteiger charge is -2.31. The van der Waals surface area contributed by atoms with Crippen LogP contribution in [-0.2, 0) is 9.47 Å². The van der Waals surface area contributed by atoms with Gasteiger partial charge in [0, 0.05) is 38.1 Å². The molecule has 2 aromatic rings. The first-order valence-electron chi connectivity index (χ1n) is 11.0. The average molecular weight is 428 g/mol. The maximum atomic E-state index is 9.75. The highest BCUT2D eigenvalue weighted by Gasteiger charge is 2.39. The minimum Gasteiger partial charge on any atom is -0.484 e. The molecule has 9 nitrogen and oxygen atoms in total. The smallest absolute Gasteiger partial charge is 0.227 e. The second-order valence-corrected chi connectivity index (χ2v) is 8.46. The van der Waals surface area contributed by atoms with Gasteiger partial charge in [0.05, 0.1) is 25.5 Å². The molecule has 9 heteroatoms. The fraction of sp³-hybridized carbons (Fsp3) is 0.591. The Hall–Kier alpha value is -2.49. The number of aromatic nitrogens is 3.